The summed E-state index contributed by atoms with van der Waals surface area (Å²) < 4.78 is 4.66. The van der Waals surface area contributed by atoms with Gasteiger partial charge in [-0.3, -0.25) is 24.1 Å². The van der Waals surface area contributed by atoms with Gasteiger partial charge in [-0.15, -0.1) is 0 Å². The SMILES string of the molecule is COC(=O)C[C@H]1C(=O)NCCN1CC(=O)Nc1ccccc1C(=O)NC1CCCC1. The van der Waals surface area contributed by atoms with Crippen LogP contribution in [0.5, 0.6) is 0 Å². The molecule has 3 rings (SSSR count). The minimum Gasteiger partial charge on any atom is -0.469 e. The van der Waals surface area contributed by atoms with Crippen LogP contribution in [-0.2, 0) is 19.1 Å². The summed E-state index contributed by atoms with van der Waals surface area (Å²) in [6.07, 6.45) is 4.03. The first-order valence-corrected chi connectivity index (χ1v) is 10.3. The first-order chi connectivity index (χ1) is 14.5. The number of hydrogen-bond acceptors (Lipinski definition) is 6. The van der Waals surface area contributed by atoms with Crippen LogP contribution in [-0.4, -0.2) is 67.4 Å². The average molecular weight is 416 g/mol. The Hall–Kier alpha value is -2.94. The maximum Gasteiger partial charge on any atom is 0.307 e. The molecule has 1 heterocycles. The molecule has 0 unspecified atom stereocenters. The number of benzene rings is 1. The highest BCUT2D eigenvalue weighted by molar-refractivity contribution is 6.04. The second-order valence-electron chi connectivity index (χ2n) is 7.61. The third-order valence-corrected chi connectivity index (χ3v) is 5.51. The molecule has 3 N–H and O–H groups in total. The summed E-state index contributed by atoms with van der Waals surface area (Å²) in [5, 5.41) is 8.50. The summed E-state index contributed by atoms with van der Waals surface area (Å²) in [5.41, 5.74) is 0.823. The molecule has 3 amide bonds. The van der Waals surface area contributed by atoms with Crippen molar-refractivity contribution in [3.05, 3.63) is 29.8 Å². The number of carbonyl (C=O) groups is 4. The van der Waals surface area contributed by atoms with Gasteiger partial charge in [0.15, 0.2) is 0 Å². The molecule has 2 fully saturated rings. The third kappa shape index (κ3) is 5.56. The minimum atomic E-state index is -0.766. The van der Waals surface area contributed by atoms with E-state index in [0.717, 1.165) is 25.7 Å². The number of anilines is 1. The molecule has 1 aromatic carbocycles. The summed E-state index contributed by atoms with van der Waals surface area (Å²) in [5.74, 6) is -1.40. The largest absolute Gasteiger partial charge is 0.469 e. The van der Waals surface area contributed by atoms with Crippen LogP contribution in [0.15, 0.2) is 24.3 Å². The Balaban J connectivity index is 1.64. The first-order valence-electron chi connectivity index (χ1n) is 10.3. The quantitative estimate of drug-likeness (QED) is 0.562. The molecule has 0 aromatic heterocycles. The standard InChI is InChI=1S/C21H28N4O5/c1-30-19(27)12-17-21(29)22-10-11-25(17)13-18(26)24-16-9-5-4-8-15(16)20(28)23-14-6-2-3-7-14/h4-5,8-9,14,17H,2-3,6-7,10-13H2,1H3,(H,22,29)(H,23,28)(H,24,26)/t17-/m0/s1. The predicted octanol–water partition coefficient (Wildman–Crippen LogP) is 0.661. The van der Waals surface area contributed by atoms with E-state index in [4.69, 9.17) is 0 Å². The highest BCUT2D eigenvalue weighted by atomic mass is 16.5. The molecule has 2 aliphatic rings. The second kappa shape index (κ2) is 10.2. The second-order valence-corrected chi connectivity index (χ2v) is 7.61. The molecule has 162 valence electrons. The number of ether oxygens (including phenoxy) is 1. The maximum atomic E-state index is 12.7. The van der Waals surface area contributed by atoms with E-state index in [1.54, 1.807) is 29.2 Å². The lowest BCUT2D eigenvalue weighted by Crippen LogP contribution is -2.57. The van der Waals surface area contributed by atoms with Gasteiger partial charge in [0.2, 0.25) is 11.8 Å². The van der Waals surface area contributed by atoms with Gasteiger partial charge in [0.25, 0.3) is 5.91 Å². The van der Waals surface area contributed by atoms with Gasteiger partial charge in [-0.05, 0) is 25.0 Å². The minimum absolute atomic E-state index is 0.0757. The summed E-state index contributed by atoms with van der Waals surface area (Å²) >= 11 is 0. The average Bonchev–Trinajstić information content (AvgIpc) is 3.23. The van der Waals surface area contributed by atoms with Gasteiger partial charge in [-0.1, -0.05) is 25.0 Å². The zero-order valence-corrected chi connectivity index (χ0v) is 17.1. The molecule has 9 heteroatoms. The molecular formula is C21H28N4O5. The molecule has 1 aromatic rings. The van der Waals surface area contributed by atoms with E-state index in [2.05, 4.69) is 20.7 Å². The predicted molar refractivity (Wildman–Crippen MR) is 110 cm³/mol. The van der Waals surface area contributed by atoms with Gasteiger partial charge >= 0.3 is 5.97 Å². The molecule has 30 heavy (non-hydrogen) atoms. The maximum absolute atomic E-state index is 12.7. The lowest BCUT2D eigenvalue weighted by Gasteiger charge is -2.33. The Bertz CT molecular complexity index is 806. The number of nitrogens with one attached hydrogen (secondary N) is 3. The van der Waals surface area contributed by atoms with E-state index in [0.29, 0.717) is 24.3 Å². The van der Waals surface area contributed by atoms with Crippen LogP contribution in [0.3, 0.4) is 0 Å². The zero-order chi connectivity index (χ0) is 21.5. The van der Waals surface area contributed by atoms with Crippen LogP contribution in [0.25, 0.3) is 0 Å². The highest BCUT2D eigenvalue weighted by Gasteiger charge is 2.33. The Morgan fingerprint density at radius 2 is 1.93 bits per heavy atom. The van der Waals surface area contributed by atoms with Crippen molar-refractivity contribution < 1.29 is 23.9 Å². The highest BCUT2D eigenvalue weighted by Crippen LogP contribution is 2.20. The van der Waals surface area contributed by atoms with Crippen LogP contribution in [0.2, 0.25) is 0 Å². The van der Waals surface area contributed by atoms with Crippen LogP contribution in [0.4, 0.5) is 5.69 Å². The Morgan fingerprint density at radius 1 is 1.20 bits per heavy atom. The number of para-hydroxylation sites is 1. The van der Waals surface area contributed by atoms with Crippen molar-refractivity contribution in [1.29, 1.82) is 0 Å². The van der Waals surface area contributed by atoms with E-state index in [1.165, 1.54) is 7.11 Å². The molecule has 1 saturated carbocycles. The molecule has 1 atom stereocenters. The third-order valence-electron chi connectivity index (χ3n) is 5.51. The lowest BCUT2D eigenvalue weighted by molar-refractivity contribution is -0.146. The van der Waals surface area contributed by atoms with Crippen molar-refractivity contribution in [3.63, 3.8) is 0 Å². The van der Waals surface area contributed by atoms with Gasteiger partial charge in [0, 0.05) is 19.1 Å². The van der Waals surface area contributed by atoms with E-state index in [9.17, 15) is 19.2 Å². The summed E-state index contributed by atoms with van der Waals surface area (Å²) in [4.78, 5) is 50.8. The number of nitrogens with zero attached hydrogens (tertiary/aromatic N) is 1. The summed E-state index contributed by atoms with van der Waals surface area (Å²) in [6.45, 7) is 0.752. The van der Waals surface area contributed by atoms with Crippen LogP contribution < -0.4 is 16.0 Å². The number of esters is 1. The molecule has 1 aliphatic heterocycles. The topological polar surface area (TPSA) is 117 Å². The van der Waals surface area contributed by atoms with E-state index in [1.807, 2.05) is 0 Å². The van der Waals surface area contributed by atoms with Crippen molar-refractivity contribution in [1.82, 2.24) is 15.5 Å². The van der Waals surface area contributed by atoms with Gasteiger partial charge < -0.3 is 20.7 Å². The van der Waals surface area contributed by atoms with Gasteiger partial charge in [0.05, 0.1) is 31.3 Å². The molecule has 0 radical (unpaired) electrons. The number of hydrogen-bond donors (Lipinski definition) is 3. The first kappa shape index (κ1) is 21.8. The molecule has 0 spiro atoms. The van der Waals surface area contributed by atoms with Crippen molar-refractivity contribution in [3.8, 4) is 0 Å². The van der Waals surface area contributed by atoms with E-state index in [-0.39, 0.29) is 36.7 Å². The number of piperazine rings is 1. The van der Waals surface area contributed by atoms with Gasteiger partial charge in [-0.25, -0.2) is 0 Å². The van der Waals surface area contributed by atoms with Crippen LogP contribution in [0.1, 0.15) is 42.5 Å². The molecular weight excluding hydrogens is 388 g/mol. The number of carbonyl (C=O) groups excluding carboxylic acids is 4. The molecule has 0 bridgehead atoms. The fourth-order valence-corrected chi connectivity index (χ4v) is 3.91. The van der Waals surface area contributed by atoms with Crippen molar-refractivity contribution in [2.24, 2.45) is 0 Å². The van der Waals surface area contributed by atoms with Crippen molar-refractivity contribution >= 4 is 29.4 Å². The number of amides is 3. The van der Waals surface area contributed by atoms with E-state index < -0.39 is 12.0 Å². The van der Waals surface area contributed by atoms with Crippen LogP contribution >= 0.6 is 0 Å². The fraction of sp³-hybridized carbons (Fsp3) is 0.524. The van der Waals surface area contributed by atoms with Crippen molar-refractivity contribution in [2.75, 3.05) is 32.1 Å². The fourth-order valence-electron chi connectivity index (χ4n) is 3.91. The molecule has 1 saturated heterocycles. The Morgan fingerprint density at radius 3 is 2.67 bits per heavy atom. The monoisotopic (exact) mass is 416 g/mol. The Kier molecular flexibility index (Phi) is 7.40. The molecule has 1 aliphatic carbocycles. The van der Waals surface area contributed by atoms with Crippen molar-refractivity contribution in [2.45, 2.75) is 44.2 Å². The Labute approximate surface area is 175 Å². The lowest BCUT2D eigenvalue weighted by atomic mass is 10.1. The van der Waals surface area contributed by atoms with E-state index >= 15 is 0 Å². The van der Waals surface area contributed by atoms with Crippen LogP contribution in [0, 0.1) is 0 Å². The summed E-state index contributed by atoms with van der Waals surface area (Å²) in [6, 6.07) is 6.26. The van der Waals surface area contributed by atoms with Gasteiger partial charge in [-0.2, -0.15) is 0 Å². The molecule has 9 nitrogen and oxygen atoms in total. The zero-order valence-electron chi connectivity index (χ0n) is 17.1. The number of rotatable bonds is 7. The van der Waals surface area contributed by atoms with Gasteiger partial charge in [0.1, 0.15) is 6.04 Å². The number of methoxy groups -OCH3 is 1. The normalized spacial score (nSPS) is 19.8. The summed E-state index contributed by atoms with van der Waals surface area (Å²) in [7, 11) is 1.26. The smallest absolute Gasteiger partial charge is 0.307 e.